The average molecular weight is 251 g/mol. The number of nitrogens with zero attached hydrogens (tertiary/aromatic N) is 1. The Labute approximate surface area is 103 Å². The van der Waals surface area contributed by atoms with Gasteiger partial charge >= 0.3 is 0 Å². The van der Waals surface area contributed by atoms with Crippen molar-refractivity contribution in [2.45, 2.75) is 17.2 Å². The third-order valence-corrected chi connectivity index (χ3v) is 3.43. The molecule has 0 spiro atoms. The van der Waals surface area contributed by atoms with Gasteiger partial charge in [0.2, 0.25) is 0 Å². The van der Waals surface area contributed by atoms with Gasteiger partial charge in [0.05, 0.1) is 5.03 Å². The Hall–Kier alpha value is -1.42. The molecule has 0 N–H and O–H groups in total. The molecular weight excluding hydrogens is 240 g/mol. The third kappa shape index (κ3) is 3.03. The Morgan fingerprint density at radius 3 is 2.65 bits per heavy atom. The molecule has 88 valence electrons. The molecule has 0 fully saturated rings. The smallest absolute Gasteiger partial charge is 0.130 e. The van der Waals surface area contributed by atoms with Gasteiger partial charge in [0.15, 0.2) is 0 Å². The molecule has 1 aromatic carbocycles. The maximum absolute atomic E-state index is 13.5. The van der Waals surface area contributed by atoms with Crippen LogP contribution in [0.4, 0.5) is 8.78 Å². The van der Waals surface area contributed by atoms with Gasteiger partial charge in [-0.25, -0.2) is 13.8 Å². The summed E-state index contributed by atoms with van der Waals surface area (Å²) in [6.45, 7) is 1.87. The first-order chi connectivity index (χ1) is 8.16. The molecule has 1 atom stereocenters. The van der Waals surface area contributed by atoms with Crippen LogP contribution in [0.25, 0.3) is 0 Å². The molecule has 0 amide bonds. The van der Waals surface area contributed by atoms with Crippen molar-refractivity contribution in [2.24, 2.45) is 0 Å². The lowest BCUT2D eigenvalue weighted by atomic mass is 10.1. The van der Waals surface area contributed by atoms with Crippen molar-refractivity contribution in [1.29, 1.82) is 0 Å². The van der Waals surface area contributed by atoms with Gasteiger partial charge < -0.3 is 0 Å². The second kappa shape index (κ2) is 5.27. The van der Waals surface area contributed by atoms with Crippen molar-refractivity contribution in [2.75, 3.05) is 0 Å². The molecule has 0 saturated carbocycles. The van der Waals surface area contributed by atoms with E-state index in [0.717, 1.165) is 11.1 Å². The van der Waals surface area contributed by atoms with E-state index in [0.29, 0.717) is 5.56 Å². The fourth-order valence-corrected chi connectivity index (χ4v) is 2.45. The van der Waals surface area contributed by atoms with Gasteiger partial charge in [0.25, 0.3) is 0 Å². The molecular formula is C13H11F2NS. The maximum atomic E-state index is 13.5. The summed E-state index contributed by atoms with van der Waals surface area (Å²) in [5.41, 5.74) is 0.488. The first-order valence-electron chi connectivity index (χ1n) is 5.19. The molecule has 0 bridgehead atoms. The van der Waals surface area contributed by atoms with Gasteiger partial charge in [0.1, 0.15) is 11.6 Å². The van der Waals surface area contributed by atoms with Crippen LogP contribution in [0.5, 0.6) is 0 Å². The molecule has 2 aromatic rings. The number of hydrogen-bond donors (Lipinski definition) is 0. The quantitative estimate of drug-likeness (QED) is 0.758. The van der Waals surface area contributed by atoms with Gasteiger partial charge in [-0.2, -0.15) is 0 Å². The summed E-state index contributed by atoms with van der Waals surface area (Å²) in [6, 6.07) is 9.23. The number of hydrogen-bond acceptors (Lipinski definition) is 2. The van der Waals surface area contributed by atoms with Crippen LogP contribution in [0.1, 0.15) is 17.7 Å². The van der Waals surface area contributed by atoms with E-state index in [1.165, 1.54) is 23.9 Å². The van der Waals surface area contributed by atoms with Crippen LogP contribution < -0.4 is 0 Å². The second-order valence-corrected chi connectivity index (χ2v) is 4.95. The summed E-state index contributed by atoms with van der Waals surface area (Å²) in [5, 5.41) is 0.717. The van der Waals surface area contributed by atoms with Gasteiger partial charge in [0, 0.05) is 23.1 Å². The van der Waals surface area contributed by atoms with Crippen LogP contribution >= 0.6 is 11.8 Å². The third-order valence-electron chi connectivity index (χ3n) is 2.34. The second-order valence-electron chi connectivity index (χ2n) is 3.59. The molecule has 4 heteroatoms. The summed E-state index contributed by atoms with van der Waals surface area (Å²) in [7, 11) is 0. The van der Waals surface area contributed by atoms with Crippen molar-refractivity contribution in [3.05, 3.63) is 59.8 Å². The van der Waals surface area contributed by atoms with Crippen molar-refractivity contribution >= 4 is 11.8 Å². The zero-order chi connectivity index (χ0) is 12.3. The highest BCUT2D eigenvalue weighted by Gasteiger charge is 2.13. The maximum Gasteiger partial charge on any atom is 0.130 e. The zero-order valence-electron chi connectivity index (χ0n) is 9.23. The molecule has 1 unspecified atom stereocenters. The van der Waals surface area contributed by atoms with E-state index in [-0.39, 0.29) is 5.25 Å². The SMILES string of the molecule is CC(Sc1ccccn1)c1ccc(F)cc1F. The Morgan fingerprint density at radius 2 is 2.00 bits per heavy atom. The first-order valence-corrected chi connectivity index (χ1v) is 6.07. The van der Waals surface area contributed by atoms with Gasteiger partial charge in [-0.05, 0) is 25.1 Å². The van der Waals surface area contributed by atoms with Crippen molar-refractivity contribution < 1.29 is 8.78 Å². The number of thioether (sulfide) groups is 1. The number of rotatable bonds is 3. The van der Waals surface area contributed by atoms with Crippen LogP contribution in [0.3, 0.4) is 0 Å². The van der Waals surface area contributed by atoms with Crippen LogP contribution in [0.2, 0.25) is 0 Å². The minimum Gasteiger partial charge on any atom is -0.250 e. The van der Waals surface area contributed by atoms with Crippen LogP contribution in [-0.2, 0) is 0 Å². The zero-order valence-corrected chi connectivity index (χ0v) is 10.0. The molecule has 0 aliphatic heterocycles. The summed E-state index contributed by atoms with van der Waals surface area (Å²) >= 11 is 1.44. The fraction of sp³-hybridized carbons (Fsp3) is 0.154. The normalized spacial score (nSPS) is 12.4. The molecule has 0 aliphatic carbocycles. The largest absolute Gasteiger partial charge is 0.250 e. The monoisotopic (exact) mass is 251 g/mol. The molecule has 0 aliphatic rings. The molecule has 0 radical (unpaired) electrons. The highest BCUT2D eigenvalue weighted by atomic mass is 32.2. The lowest BCUT2D eigenvalue weighted by Crippen LogP contribution is -1.95. The minimum atomic E-state index is -0.554. The predicted molar refractivity (Wildman–Crippen MR) is 64.9 cm³/mol. The summed E-state index contributed by atoms with van der Waals surface area (Å²) in [5.74, 6) is -1.07. The van der Waals surface area contributed by atoms with E-state index in [9.17, 15) is 8.78 Å². The first kappa shape index (κ1) is 12.0. The summed E-state index contributed by atoms with van der Waals surface area (Å²) in [4.78, 5) is 4.16. The van der Waals surface area contributed by atoms with Crippen molar-refractivity contribution in [3.8, 4) is 0 Å². The summed E-state index contributed by atoms with van der Waals surface area (Å²) < 4.78 is 26.3. The number of pyridine rings is 1. The molecule has 1 nitrogen and oxygen atoms in total. The minimum absolute atomic E-state index is 0.106. The van der Waals surface area contributed by atoms with E-state index in [2.05, 4.69) is 4.98 Å². The number of halogens is 2. The molecule has 1 aromatic heterocycles. The van der Waals surface area contributed by atoms with Gasteiger partial charge in [-0.3, -0.25) is 0 Å². The van der Waals surface area contributed by atoms with E-state index < -0.39 is 11.6 Å². The van der Waals surface area contributed by atoms with Crippen LogP contribution in [0.15, 0.2) is 47.6 Å². The van der Waals surface area contributed by atoms with E-state index in [1.807, 2.05) is 25.1 Å². The van der Waals surface area contributed by atoms with Gasteiger partial charge in [-0.1, -0.05) is 23.9 Å². The Bertz CT molecular complexity index is 502. The predicted octanol–water partition coefficient (Wildman–Crippen LogP) is 4.21. The van der Waals surface area contributed by atoms with E-state index in [1.54, 1.807) is 6.20 Å². The summed E-state index contributed by atoms with van der Waals surface area (Å²) in [6.07, 6.45) is 1.69. The Morgan fingerprint density at radius 1 is 1.18 bits per heavy atom. The van der Waals surface area contributed by atoms with Crippen molar-refractivity contribution in [3.63, 3.8) is 0 Å². The van der Waals surface area contributed by atoms with E-state index in [4.69, 9.17) is 0 Å². The highest BCUT2D eigenvalue weighted by molar-refractivity contribution is 7.99. The average Bonchev–Trinajstić information content (AvgIpc) is 2.30. The number of aromatic nitrogens is 1. The molecule has 0 saturated heterocycles. The Balaban J connectivity index is 2.17. The fourth-order valence-electron chi connectivity index (χ4n) is 1.49. The topological polar surface area (TPSA) is 12.9 Å². The van der Waals surface area contributed by atoms with E-state index >= 15 is 0 Å². The van der Waals surface area contributed by atoms with Crippen LogP contribution in [0, 0.1) is 11.6 Å². The molecule has 1 heterocycles. The van der Waals surface area contributed by atoms with Crippen molar-refractivity contribution in [1.82, 2.24) is 4.98 Å². The highest BCUT2D eigenvalue weighted by Crippen LogP contribution is 2.34. The lowest BCUT2D eigenvalue weighted by Gasteiger charge is -2.11. The molecule has 2 rings (SSSR count). The van der Waals surface area contributed by atoms with Gasteiger partial charge in [-0.15, -0.1) is 0 Å². The number of benzene rings is 1. The Kier molecular flexibility index (Phi) is 3.74. The lowest BCUT2D eigenvalue weighted by molar-refractivity contribution is 0.573. The standard InChI is InChI=1S/C13H11F2NS/c1-9(17-13-4-2-3-7-16-13)11-6-5-10(14)8-12(11)15/h2-9H,1H3. The molecule has 17 heavy (non-hydrogen) atoms. The van der Waals surface area contributed by atoms with Crippen LogP contribution in [-0.4, -0.2) is 4.98 Å².